The number of amides is 3. The van der Waals surface area contributed by atoms with Gasteiger partial charge in [-0.1, -0.05) is 24.3 Å². The van der Waals surface area contributed by atoms with Crippen LogP contribution in [0, 0.1) is 5.82 Å². The summed E-state index contributed by atoms with van der Waals surface area (Å²) in [6.45, 7) is 0.416. The van der Waals surface area contributed by atoms with Crippen LogP contribution in [0.15, 0.2) is 54.6 Å². The average Bonchev–Trinajstić information content (AvgIpc) is 2.88. The Morgan fingerprint density at radius 1 is 1.13 bits per heavy atom. The summed E-state index contributed by atoms with van der Waals surface area (Å²) in [4.78, 5) is 25.7. The first kappa shape index (κ1) is 15.0. The first-order valence-corrected chi connectivity index (χ1v) is 7.30. The van der Waals surface area contributed by atoms with Crippen molar-refractivity contribution in [1.29, 1.82) is 0 Å². The van der Waals surface area contributed by atoms with Gasteiger partial charge in [0.05, 0.1) is 6.04 Å². The van der Waals surface area contributed by atoms with Gasteiger partial charge in [-0.15, -0.1) is 0 Å². The molecule has 0 radical (unpaired) electrons. The van der Waals surface area contributed by atoms with Gasteiger partial charge in [-0.3, -0.25) is 4.79 Å². The lowest BCUT2D eigenvalue weighted by molar-refractivity contribution is -0.117. The van der Waals surface area contributed by atoms with Crippen LogP contribution in [0.25, 0.3) is 0 Å². The number of hydrogen-bond donors (Lipinski definition) is 2. The highest BCUT2D eigenvalue weighted by molar-refractivity contribution is 5.97. The Hall–Kier alpha value is -2.89. The van der Waals surface area contributed by atoms with Gasteiger partial charge in [-0.05, 0) is 30.3 Å². The van der Waals surface area contributed by atoms with Gasteiger partial charge in [-0.25, -0.2) is 9.18 Å². The summed E-state index contributed by atoms with van der Waals surface area (Å²) in [5.74, 6) is -0.457. The third-order valence-electron chi connectivity index (χ3n) is 3.61. The van der Waals surface area contributed by atoms with Gasteiger partial charge in [0.1, 0.15) is 5.82 Å². The Morgan fingerprint density at radius 2 is 1.91 bits per heavy atom. The van der Waals surface area contributed by atoms with E-state index in [9.17, 15) is 14.0 Å². The summed E-state index contributed by atoms with van der Waals surface area (Å²) < 4.78 is 13.1. The van der Waals surface area contributed by atoms with Crippen LogP contribution in [0.5, 0.6) is 0 Å². The minimum atomic E-state index is -0.455. The quantitative estimate of drug-likeness (QED) is 0.915. The Morgan fingerprint density at radius 3 is 2.65 bits per heavy atom. The lowest BCUT2D eigenvalue weighted by Crippen LogP contribution is -2.39. The van der Waals surface area contributed by atoms with Crippen LogP contribution in [0.1, 0.15) is 6.42 Å². The van der Waals surface area contributed by atoms with Crippen molar-refractivity contribution in [2.75, 3.05) is 16.8 Å². The minimum Gasteiger partial charge on any atom is -0.333 e. The van der Waals surface area contributed by atoms with E-state index in [2.05, 4.69) is 10.6 Å². The first-order chi connectivity index (χ1) is 11.1. The van der Waals surface area contributed by atoms with Crippen LogP contribution < -0.4 is 15.5 Å². The second kappa shape index (κ2) is 6.48. The Balaban J connectivity index is 1.59. The normalized spacial score (nSPS) is 17.2. The Labute approximate surface area is 133 Å². The molecule has 2 aromatic carbocycles. The van der Waals surface area contributed by atoms with Crippen molar-refractivity contribution in [3.63, 3.8) is 0 Å². The fourth-order valence-corrected chi connectivity index (χ4v) is 2.58. The molecule has 1 fully saturated rings. The molecule has 0 bridgehead atoms. The number of para-hydroxylation sites is 1. The van der Waals surface area contributed by atoms with Gasteiger partial charge < -0.3 is 15.5 Å². The minimum absolute atomic E-state index is 0.0349. The number of urea groups is 1. The second-order valence-corrected chi connectivity index (χ2v) is 5.35. The van der Waals surface area contributed by atoms with E-state index in [1.807, 2.05) is 30.3 Å². The maximum atomic E-state index is 13.1. The smallest absolute Gasteiger partial charge is 0.319 e. The average molecular weight is 313 g/mol. The van der Waals surface area contributed by atoms with Crippen LogP contribution in [0.4, 0.5) is 20.6 Å². The third kappa shape index (κ3) is 3.66. The van der Waals surface area contributed by atoms with Crippen molar-refractivity contribution in [2.24, 2.45) is 0 Å². The van der Waals surface area contributed by atoms with E-state index in [-0.39, 0.29) is 18.4 Å². The predicted molar refractivity (Wildman–Crippen MR) is 85.8 cm³/mol. The fourth-order valence-electron chi connectivity index (χ4n) is 2.58. The fraction of sp³-hybridized carbons (Fsp3) is 0.176. The topological polar surface area (TPSA) is 61.4 Å². The summed E-state index contributed by atoms with van der Waals surface area (Å²) in [6.07, 6.45) is 0.242. The molecule has 1 unspecified atom stereocenters. The molecule has 0 aliphatic carbocycles. The molecule has 23 heavy (non-hydrogen) atoms. The molecule has 2 aromatic rings. The van der Waals surface area contributed by atoms with Crippen molar-refractivity contribution in [3.8, 4) is 0 Å². The molecule has 6 heteroatoms. The lowest BCUT2D eigenvalue weighted by Gasteiger charge is -2.17. The monoisotopic (exact) mass is 313 g/mol. The van der Waals surface area contributed by atoms with Crippen LogP contribution in [-0.4, -0.2) is 24.5 Å². The van der Waals surface area contributed by atoms with Gasteiger partial charge in [0.25, 0.3) is 0 Å². The Bertz CT molecular complexity index is 721. The van der Waals surface area contributed by atoms with Crippen LogP contribution in [0.3, 0.4) is 0 Å². The molecule has 1 atom stereocenters. The molecule has 1 aliphatic rings. The van der Waals surface area contributed by atoms with E-state index in [1.54, 1.807) is 11.0 Å². The van der Waals surface area contributed by atoms with E-state index >= 15 is 0 Å². The number of carbonyl (C=O) groups is 2. The number of benzene rings is 2. The van der Waals surface area contributed by atoms with E-state index in [1.165, 1.54) is 18.2 Å². The number of anilines is 2. The second-order valence-electron chi connectivity index (χ2n) is 5.35. The van der Waals surface area contributed by atoms with Gasteiger partial charge in [0, 0.05) is 24.3 Å². The van der Waals surface area contributed by atoms with E-state index in [0.717, 1.165) is 5.69 Å². The van der Waals surface area contributed by atoms with Gasteiger partial charge in [-0.2, -0.15) is 0 Å². The first-order valence-electron chi connectivity index (χ1n) is 7.30. The number of nitrogens with one attached hydrogen (secondary N) is 2. The predicted octanol–water partition coefficient (Wildman–Crippen LogP) is 2.75. The zero-order valence-electron chi connectivity index (χ0n) is 12.3. The van der Waals surface area contributed by atoms with Crippen LogP contribution in [-0.2, 0) is 4.79 Å². The number of rotatable bonds is 3. The number of nitrogens with zero attached hydrogens (tertiary/aromatic N) is 1. The molecule has 5 nitrogen and oxygen atoms in total. The van der Waals surface area contributed by atoms with Crippen molar-refractivity contribution in [2.45, 2.75) is 12.5 Å². The maximum absolute atomic E-state index is 13.1. The van der Waals surface area contributed by atoms with Crippen molar-refractivity contribution >= 4 is 23.3 Å². The molecule has 3 amide bonds. The standard InChI is InChI=1S/C17H16FN3O2/c18-12-5-4-6-13(9-12)19-17(23)20-14-10-16(22)21(11-14)15-7-2-1-3-8-15/h1-9,14H,10-11H2,(H2,19,20,23). The number of halogens is 1. The summed E-state index contributed by atoms with van der Waals surface area (Å²) in [5.41, 5.74) is 1.18. The third-order valence-corrected chi connectivity index (χ3v) is 3.61. The van der Waals surface area contributed by atoms with Gasteiger partial charge >= 0.3 is 6.03 Å². The lowest BCUT2D eigenvalue weighted by atomic mass is 10.2. The summed E-state index contributed by atoms with van der Waals surface area (Å²) >= 11 is 0. The largest absolute Gasteiger partial charge is 0.333 e. The summed E-state index contributed by atoms with van der Waals surface area (Å²) in [5, 5.41) is 5.30. The number of hydrogen-bond acceptors (Lipinski definition) is 2. The van der Waals surface area contributed by atoms with E-state index in [0.29, 0.717) is 12.2 Å². The van der Waals surface area contributed by atoms with E-state index < -0.39 is 11.8 Å². The van der Waals surface area contributed by atoms with Crippen molar-refractivity contribution < 1.29 is 14.0 Å². The molecular weight excluding hydrogens is 297 g/mol. The molecule has 1 aliphatic heterocycles. The van der Waals surface area contributed by atoms with Crippen molar-refractivity contribution in [1.82, 2.24) is 5.32 Å². The highest BCUT2D eigenvalue weighted by Gasteiger charge is 2.31. The zero-order valence-corrected chi connectivity index (χ0v) is 12.3. The van der Waals surface area contributed by atoms with Crippen molar-refractivity contribution in [3.05, 3.63) is 60.4 Å². The molecule has 3 rings (SSSR count). The molecule has 118 valence electrons. The highest BCUT2D eigenvalue weighted by atomic mass is 19.1. The number of carbonyl (C=O) groups excluding carboxylic acids is 2. The zero-order chi connectivity index (χ0) is 16.2. The SMILES string of the molecule is O=C(Nc1cccc(F)c1)NC1CC(=O)N(c2ccccc2)C1. The molecule has 0 saturated carbocycles. The van der Waals surface area contributed by atoms with E-state index in [4.69, 9.17) is 0 Å². The molecular formula is C17H16FN3O2. The molecule has 1 heterocycles. The van der Waals surface area contributed by atoms with Crippen LogP contribution in [0.2, 0.25) is 0 Å². The molecule has 2 N–H and O–H groups in total. The van der Waals surface area contributed by atoms with Gasteiger partial charge in [0.2, 0.25) is 5.91 Å². The van der Waals surface area contributed by atoms with Gasteiger partial charge in [0.15, 0.2) is 0 Å². The molecule has 0 aromatic heterocycles. The molecule has 0 spiro atoms. The summed E-state index contributed by atoms with van der Waals surface area (Å²) in [7, 11) is 0. The summed E-state index contributed by atoms with van der Waals surface area (Å²) in [6, 6.07) is 14.2. The molecule has 1 saturated heterocycles. The Kier molecular flexibility index (Phi) is 4.23. The maximum Gasteiger partial charge on any atom is 0.319 e. The highest BCUT2D eigenvalue weighted by Crippen LogP contribution is 2.21. The van der Waals surface area contributed by atoms with Crippen LogP contribution >= 0.6 is 0 Å².